The van der Waals surface area contributed by atoms with Crippen molar-refractivity contribution in [3.05, 3.63) is 0 Å². The zero-order chi connectivity index (χ0) is 27.0. The summed E-state index contributed by atoms with van der Waals surface area (Å²) in [6.45, 7) is 3.05. The fraction of sp³-hybridized carbons (Fsp3) is 0.889. The topological polar surface area (TPSA) is 145 Å². The van der Waals surface area contributed by atoms with Crippen molar-refractivity contribution in [2.75, 3.05) is 13.2 Å². The van der Waals surface area contributed by atoms with Gasteiger partial charge in [-0.05, 0) is 38.5 Å². The van der Waals surface area contributed by atoms with Gasteiger partial charge in [0.05, 0.1) is 6.10 Å². The molecule has 0 aliphatic rings. The summed E-state index contributed by atoms with van der Waals surface area (Å²) in [4.78, 5) is 35.4. The third kappa shape index (κ3) is 24.0. The van der Waals surface area contributed by atoms with Crippen LogP contribution in [0.1, 0.15) is 123 Å². The first-order valence-corrected chi connectivity index (χ1v) is 13.8. The van der Waals surface area contributed by atoms with Crippen molar-refractivity contribution < 1.29 is 38.8 Å². The number of carbonyl (C=O) groups is 3. The molecule has 0 bridgehead atoms. The van der Waals surface area contributed by atoms with Gasteiger partial charge in [-0.1, -0.05) is 64.7 Å². The molecular weight excluding hydrogens is 466 g/mol. The van der Waals surface area contributed by atoms with Gasteiger partial charge in [0.25, 0.3) is 0 Å². The molecule has 0 fully saturated rings. The summed E-state index contributed by atoms with van der Waals surface area (Å²) in [6, 6.07) is 0. The Labute approximate surface area is 217 Å². The second-order valence-corrected chi connectivity index (χ2v) is 9.57. The van der Waals surface area contributed by atoms with Gasteiger partial charge in [0.1, 0.15) is 19.4 Å². The minimum atomic E-state index is -0.817. The summed E-state index contributed by atoms with van der Waals surface area (Å²) < 4.78 is 15.6. The normalized spacial score (nSPS) is 13.6. The molecule has 0 rings (SSSR count). The van der Waals surface area contributed by atoms with Crippen LogP contribution in [-0.2, 0) is 28.6 Å². The van der Waals surface area contributed by atoms with Crippen LogP contribution < -0.4 is 5.73 Å². The highest BCUT2D eigenvalue weighted by atomic mass is 16.6. The molecule has 0 aliphatic heterocycles. The highest BCUT2D eigenvalue weighted by Gasteiger charge is 2.18. The largest absolute Gasteiger partial charge is 0.462 e. The number of unbranched alkanes of at least 4 members (excludes halogenated alkanes) is 9. The number of rotatable bonds is 24. The van der Waals surface area contributed by atoms with Crippen molar-refractivity contribution in [3.8, 4) is 0 Å². The highest BCUT2D eigenvalue weighted by Crippen LogP contribution is 2.13. The van der Waals surface area contributed by atoms with Crippen LogP contribution in [0, 0.1) is 0 Å². The van der Waals surface area contributed by atoms with Crippen LogP contribution >= 0.6 is 0 Å². The van der Waals surface area contributed by atoms with Crippen LogP contribution in [-0.4, -0.2) is 59.8 Å². The lowest BCUT2D eigenvalue weighted by molar-refractivity contribution is -0.166. The molecule has 9 heteroatoms. The fourth-order valence-electron chi connectivity index (χ4n) is 3.82. The maximum Gasteiger partial charge on any atom is 0.306 e. The summed E-state index contributed by atoms with van der Waals surface area (Å²) in [6.07, 6.45) is 12.2. The second kappa shape index (κ2) is 23.7. The molecule has 9 nitrogen and oxygen atoms in total. The number of esters is 3. The zero-order valence-electron chi connectivity index (χ0n) is 22.6. The van der Waals surface area contributed by atoms with E-state index in [9.17, 15) is 19.5 Å². The van der Waals surface area contributed by atoms with Gasteiger partial charge in [0.2, 0.25) is 0 Å². The van der Waals surface area contributed by atoms with Crippen LogP contribution in [0.5, 0.6) is 0 Å². The summed E-state index contributed by atoms with van der Waals surface area (Å²) in [5.41, 5.74) is 5.30. The maximum atomic E-state index is 12.2. The van der Waals surface area contributed by atoms with Crippen molar-refractivity contribution in [3.63, 3.8) is 0 Å². The molecule has 36 heavy (non-hydrogen) atoms. The van der Waals surface area contributed by atoms with Crippen LogP contribution in [0.2, 0.25) is 0 Å². The monoisotopic (exact) mass is 517 g/mol. The number of aliphatic hydroxyl groups is 2. The molecule has 0 heterocycles. The fourth-order valence-corrected chi connectivity index (χ4v) is 3.82. The molecule has 0 radical (unpaired) electrons. The number of hydrogen-bond donors (Lipinski definition) is 3. The van der Waals surface area contributed by atoms with Gasteiger partial charge in [-0.25, -0.2) is 0 Å². The summed E-state index contributed by atoms with van der Waals surface area (Å²) in [5, 5.41) is 18.8. The van der Waals surface area contributed by atoms with Crippen molar-refractivity contribution in [2.45, 2.75) is 141 Å². The van der Waals surface area contributed by atoms with Crippen molar-refractivity contribution >= 4 is 17.9 Å². The predicted molar refractivity (Wildman–Crippen MR) is 138 cm³/mol. The predicted octanol–water partition coefficient (Wildman–Crippen LogP) is 4.29. The lowest BCUT2D eigenvalue weighted by atomic mass is 10.0. The van der Waals surface area contributed by atoms with E-state index in [2.05, 4.69) is 6.92 Å². The lowest BCUT2D eigenvalue weighted by Gasteiger charge is -2.18. The van der Waals surface area contributed by atoms with E-state index in [0.717, 1.165) is 83.5 Å². The highest BCUT2D eigenvalue weighted by molar-refractivity contribution is 5.70. The number of carbonyl (C=O) groups excluding carboxylic acids is 3. The molecule has 3 unspecified atom stereocenters. The number of nitrogens with two attached hydrogens (primary N) is 1. The van der Waals surface area contributed by atoms with Gasteiger partial charge in [-0.3, -0.25) is 14.4 Å². The quantitative estimate of drug-likeness (QED) is 0.0738. The Morgan fingerprint density at radius 3 is 1.75 bits per heavy atom. The second-order valence-electron chi connectivity index (χ2n) is 9.57. The van der Waals surface area contributed by atoms with Crippen LogP contribution in [0.25, 0.3) is 0 Å². The van der Waals surface area contributed by atoms with E-state index in [1.165, 1.54) is 6.92 Å². The standard InChI is InChI=1S/C27H51NO8/c1-3-15-23(30)16-11-7-6-10-13-18-26(32)35-21-24(20-34-22(2)29)36-27(33)19-14-9-5-4-8-12-17-25(28)31/h23-25,30-31H,3-21,28H2,1-2H3. The molecule has 3 atom stereocenters. The molecule has 0 amide bonds. The number of ether oxygens (including phenoxy) is 3. The lowest BCUT2D eigenvalue weighted by Crippen LogP contribution is -2.30. The Bertz CT molecular complexity index is 570. The zero-order valence-corrected chi connectivity index (χ0v) is 22.6. The molecule has 0 aromatic carbocycles. The Kier molecular flexibility index (Phi) is 22.5. The van der Waals surface area contributed by atoms with Gasteiger partial charge in [-0.2, -0.15) is 0 Å². The average Bonchev–Trinajstić information content (AvgIpc) is 2.81. The van der Waals surface area contributed by atoms with Crippen LogP contribution in [0.4, 0.5) is 0 Å². The van der Waals surface area contributed by atoms with Crippen molar-refractivity contribution in [1.29, 1.82) is 0 Å². The van der Waals surface area contributed by atoms with Crippen LogP contribution in [0.3, 0.4) is 0 Å². The minimum absolute atomic E-state index is 0.139. The molecule has 4 N–H and O–H groups in total. The third-order valence-corrected chi connectivity index (χ3v) is 5.87. The van der Waals surface area contributed by atoms with Gasteiger partial charge in [0.15, 0.2) is 6.10 Å². The van der Waals surface area contributed by atoms with Crippen molar-refractivity contribution in [2.24, 2.45) is 5.73 Å². The summed E-state index contributed by atoms with van der Waals surface area (Å²) in [5.74, 6) is -1.26. The first kappa shape index (κ1) is 34.3. The molecule has 0 spiro atoms. The number of hydrogen-bond acceptors (Lipinski definition) is 9. The van der Waals surface area contributed by atoms with E-state index in [-0.39, 0.29) is 38.1 Å². The molecule has 212 valence electrons. The first-order chi connectivity index (χ1) is 17.2. The van der Waals surface area contributed by atoms with Gasteiger partial charge in [-0.15, -0.1) is 0 Å². The summed E-state index contributed by atoms with van der Waals surface area (Å²) >= 11 is 0. The molecular formula is C27H51NO8. The van der Waals surface area contributed by atoms with Crippen LogP contribution in [0.15, 0.2) is 0 Å². The average molecular weight is 518 g/mol. The van der Waals surface area contributed by atoms with Gasteiger partial charge >= 0.3 is 17.9 Å². The SMILES string of the molecule is CCCC(O)CCCCCCCC(=O)OCC(COC(C)=O)OC(=O)CCCCCCCCC(N)O. The molecule has 0 aromatic rings. The maximum absolute atomic E-state index is 12.2. The first-order valence-electron chi connectivity index (χ1n) is 13.8. The number of aliphatic hydroxyl groups excluding tert-OH is 2. The van der Waals surface area contributed by atoms with E-state index in [0.29, 0.717) is 12.8 Å². The van der Waals surface area contributed by atoms with Gasteiger partial charge < -0.3 is 30.2 Å². The Morgan fingerprint density at radius 2 is 1.19 bits per heavy atom. The van der Waals surface area contributed by atoms with E-state index < -0.39 is 24.3 Å². The van der Waals surface area contributed by atoms with E-state index in [1.54, 1.807) is 0 Å². The van der Waals surface area contributed by atoms with Crippen molar-refractivity contribution in [1.82, 2.24) is 0 Å². The minimum Gasteiger partial charge on any atom is -0.462 e. The molecule has 0 aromatic heterocycles. The summed E-state index contributed by atoms with van der Waals surface area (Å²) in [7, 11) is 0. The van der Waals surface area contributed by atoms with E-state index in [1.807, 2.05) is 0 Å². The Balaban J connectivity index is 4.02. The molecule has 0 saturated heterocycles. The Morgan fingerprint density at radius 1 is 0.694 bits per heavy atom. The smallest absolute Gasteiger partial charge is 0.306 e. The van der Waals surface area contributed by atoms with Gasteiger partial charge in [0, 0.05) is 19.8 Å². The molecule has 0 aliphatic carbocycles. The third-order valence-electron chi connectivity index (χ3n) is 5.87. The van der Waals surface area contributed by atoms with E-state index >= 15 is 0 Å². The van der Waals surface area contributed by atoms with E-state index in [4.69, 9.17) is 25.1 Å². The molecule has 0 saturated carbocycles. The Hall–Kier alpha value is -1.71.